The van der Waals surface area contributed by atoms with Crippen LogP contribution in [0.4, 0.5) is 4.39 Å². The third kappa shape index (κ3) is 3.04. The molecule has 0 fully saturated rings. The number of carbonyl (C=O) groups is 1. The Labute approximate surface area is 171 Å². The molecule has 0 radical (unpaired) electrons. The molecule has 5 rings (SSSR count). The molecule has 0 aliphatic carbocycles. The van der Waals surface area contributed by atoms with Crippen LogP contribution in [0.3, 0.4) is 0 Å². The Morgan fingerprint density at radius 3 is 2.24 bits per heavy atom. The first-order valence-corrected chi connectivity index (χ1v) is 10.7. The molecule has 29 heavy (non-hydrogen) atoms. The van der Waals surface area contributed by atoms with E-state index in [0.717, 1.165) is 21.2 Å². The average Bonchev–Trinajstić information content (AvgIpc) is 3.08. The van der Waals surface area contributed by atoms with Gasteiger partial charge < -0.3 is 0 Å². The molecule has 1 unspecified atom stereocenters. The van der Waals surface area contributed by atoms with E-state index in [1.165, 1.54) is 21.5 Å². The van der Waals surface area contributed by atoms with E-state index in [4.69, 9.17) is 0 Å². The number of hydrogen-bond acceptors (Lipinski definition) is 1. The van der Waals surface area contributed by atoms with Crippen molar-refractivity contribution in [3.63, 3.8) is 0 Å². The molecule has 1 nitrogen and oxygen atoms in total. The van der Waals surface area contributed by atoms with Crippen molar-refractivity contribution in [2.75, 3.05) is 0 Å². The van der Waals surface area contributed by atoms with Crippen molar-refractivity contribution in [2.24, 2.45) is 0 Å². The van der Waals surface area contributed by atoms with Crippen LogP contribution in [0.5, 0.6) is 0 Å². The van der Waals surface area contributed by atoms with Crippen LogP contribution in [0.1, 0.15) is 21.5 Å². The molecule has 0 aliphatic rings. The van der Waals surface area contributed by atoms with Crippen molar-refractivity contribution >= 4 is 36.4 Å². The SMILES string of the molecule is Cc1cccc(C(=O)c2ccc3c(c2)c2ccccc2[s+]3-c2ccc(F)cc2)c1. The summed E-state index contributed by atoms with van der Waals surface area (Å²) in [5, 5.41) is 2.24. The van der Waals surface area contributed by atoms with Gasteiger partial charge in [0.15, 0.2) is 20.1 Å². The van der Waals surface area contributed by atoms with Gasteiger partial charge in [-0.1, -0.05) is 35.9 Å². The number of carbonyl (C=O) groups excluding carboxylic acids is 1. The quantitative estimate of drug-likeness (QED) is 0.229. The van der Waals surface area contributed by atoms with Crippen LogP contribution in [0.15, 0.2) is 91.0 Å². The number of benzene rings is 4. The van der Waals surface area contributed by atoms with E-state index in [0.29, 0.717) is 11.1 Å². The summed E-state index contributed by atoms with van der Waals surface area (Å²) in [6, 6.07) is 28.7. The normalized spacial score (nSPS) is 11.9. The number of rotatable bonds is 3. The predicted octanol–water partition coefficient (Wildman–Crippen LogP) is 7.41. The lowest BCUT2D eigenvalue weighted by atomic mass is 10.00. The zero-order valence-electron chi connectivity index (χ0n) is 15.9. The van der Waals surface area contributed by atoms with Crippen LogP contribution in [-0.4, -0.2) is 5.78 Å². The fourth-order valence-electron chi connectivity index (χ4n) is 3.82. The Morgan fingerprint density at radius 2 is 1.45 bits per heavy atom. The van der Waals surface area contributed by atoms with Crippen LogP contribution in [0.2, 0.25) is 0 Å². The second kappa shape index (κ2) is 6.94. The van der Waals surface area contributed by atoms with Crippen LogP contribution >= 0.6 is 10.5 Å². The zero-order chi connectivity index (χ0) is 20.0. The largest absolute Gasteiger partial charge is 0.289 e. The molecule has 0 saturated heterocycles. The van der Waals surface area contributed by atoms with Gasteiger partial charge in [-0.15, -0.1) is 0 Å². The topological polar surface area (TPSA) is 17.1 Å². The molecule has 1 aromatic heterocycles. The summed E-state index contributed by atoms with van der Waals surface area (Å²) in [6.07, 6.45) is 0. The van der Waals surface area contributed by atoms with Crippen molar-refractivity contribution in [1.82, 2.24) is 0 Å². The van der Waals surface area contributed by atoms with E-state index in [1.807, 2.05) is 67.6 Å². The molecule has 0 spiro atoms. The molecule has 1 atom stereocenters. The van der Waals surface area contributed by atoms with Crippen LogP contribution in [0.25, 0.3) is 25.1 Å². The number of ketones is 1. The lowest BCUT2D eigenvalue weighted by Gasteiger charge is -2.02. The van der Waals surface area contributed by atoms with Crippen molar-refractivity contribution in [2.45, 2.75) is 6.92 Å². The molecule has 1 heterocycles. The average molecular weight is 397 g/mol. The smallest absolute Gasteiger partial charge is 0.193 e. The second-order valence-corrected chi connectivity index (χ2v) is 9.13. The Morgan fingerprint density at radius 1 is 0.724 bits per heavy atom. The lowest BCUT2D eigenvalue weighted by molar-refractivity contribution is 0.103. The first-order valence-electron chi connectivity index (χ1n) is 9.46. The van der Waals surface area contributed by atoms with Gasteiger partial charge in [-0.2, -0.15) is 0 Å². The van der Waals surface area contributed by atoms with E-state index < -0.39 is 0 Å². The van der Waals surface area contributed by atoms with Gasteiger partial charge in [0.1, 0.15) is 5.82 Å². The van der Waals surface area contributed by atoms with E-state index in [9.17, 15) is 9.18 Å². The summed E-state index contributed by atoms with van der Waals surface area (Å²) in [6.45, 7) is 1.99. The minimum Gasteiger partial charge on any atom is -0.289 e. The third-order valence-corrected chi connectivity index (χ3v) is 7.52. The van der Waals surface area contributed by atoms with Gasteiger partial charge in [0.05, 0.1) is 0 Å². The summed E-state index contributed by atoms with van der Waals surface area (Å²) < 4.78 is 15.9. The van der Waals surface area contributed by atoms with Gasteiger partial charge in [-0.3, -0.25) is 4.79 Å². The van der Waals surface area contributed by atoms with E-state index in [1.54, 1.807) is 0 Å². The van der Waals surface area contributed by atoms with Gasteiger partial charge in [0.25, 0.3) is 0 Å². The lowest BCUT2D eigenvalue weighted by Crippen LogP contribution is -2.01. The van der Waals surface area contributed by atoms with E-state index in [2.05, 4.69) is 18.2 Å². The molecule has 0 amide bonds. The summed E-state index contributed by atoms with van der Waals surface area (Å²) in [5.41, 5.74) is 2.46. The molecule has 3 heteroatoms. The minimum atomic E-state index is -0.296. The molecule has 0 saturated carbocycles. The number of aryl methyl sites for hydroxylation is 1. The number of halogens is 1. The molecule has 0 N–H and O–H groups in total. The summed E-state index contributed by atoms with van der Waals surface area (Å²) >= 11 is 0. The second-order valence-electron chi connectivity index (χ2n) is 7.17. The van der Waals surface area contributed by atoms with Crippen molar-refractivity contribution < 1.29 is 9.18 Å². The minimum absolute atomic E-state index is 0.0301. The first-order chi connectivity index (χ1) is 14.1. The summed E-state index contributed by atoms with van der Waals surface area (Å²) in [5.74, 6) is -0.202. The van der Waals surface area contributed by atoms with Crippen molar-refractivity contribution in [3.8, 4) is 4.90 Å². The summed E-state index contributed by atoms with van der Waals surface area (Å²) in [7, 11) is -0.296. The highest BCUT2D eigenvalue weighted by atomic mass is 32.2. The Bertz CT molecular complexity index is 1380. The predicted molar refractivity (Wildman–Crippen MR) is 120 cm³/mol. The highest BCUT2D eigenvalue weighted by molar-refractivity contribution is 7.50. The molecule has 0 bridgehead atoms. The number of hydrogen-bond donors (Lipinski definition) is 0. The Hall–Kier alpha value is -3.30. The molecule has 140 valence electrons. The highest BCUT2D eigenvalue weighted by Gasteiger charge is 2.24. The fraction of sp³-hybridized carbons (Fsp3) is 0.0385. The van der Waals surface area contributed by atoms with Crippen molar-refractivity contribution in [1.29, 1.82) is 0 Å². The van der Waals surface area contributed by atoms with Gasteiger partial charge in [-0.05, 0) is 55.5 Å². The standard InChI is InChI=1S/C26H18FOS/c1-17-5-4-6-18(15-17)26(28)19-9-14-25-23(16-19)22-7-2-3-8-24(22)29(25)21-12-10-20(27)11-13-21/h2-16H,1H3/q+1. The first kappa shape index (κ1) is 17.8. The van der Waals surface area contributed by atoms with Crippen LogP contribution in [-0.2, 0) is 0 Å². The van der Waals surface area contributed by atoms with Crippen molar-refractivity contribution in [3.05, 3.63) is 114 Å². The molecular formula is C26H18FOS+. The van der Waals surface area contributed by atoms with Crippen LogP contribution in [0, 0.1) is 12.7 Å². The summed E-state index contributed by atoms with van der Waals surface area (Å²) in [4.78, 5) is 14.1. The van der Waals surface area contributed by atoms with Gasteiger partial charge in [-0.25, -0.2) is 4.39 Å². The third-order valence-electron chi connectivity index (χ3n) is 5.19. The number of thiophene rings is 1. The highest BCUT2D eigenvalue weighted by Crippen LogP contribution is 2.48. The maximum absolute atomic E-state index is 13.5. The van der Waals surface area contributed by atoms with E-state index in [-0.39, 0.29) is 22.1 Å². The number of fused-ring (bicyclic) bond motifs is 3. The monoisotopic (exact) mass is 397 g/mol. The van der Waals surface area contributed by atoms with Gasteiger partial charge >= 0.3 is 0 Å². The molecular weight excluding hydrogens is 379 g/mol. The van der Waals surface area contributed by atoms with Gasteiger partial charge in [0.2, 0.25) is 0 Å². The fourth-order valence-corrected chi connectivity index (χ4v) is 6.18. The van der Waals surface area contributed by atoms with Crippen LogP contribution < -0.4 is 0 Å². The molecule has 5 aromatic rings. The molecule has 0 aliphatic heterocycles. The van der Waals surface area contributed by atoms with Gasteiger partial charge in [0, 0.05) is 44.5 Å². The molecule has 4 aromatic carbocycles. The Kier molecular flexibility index (Phi) is 4.26. The maximum atomic E-state index is 13.5. The zero-order valence-corrected chi connectivity index (χ0v) is 16.7. The van der Waals surface area contributed by atoms with E-state index >= 15 is 0 Å². The maximum Gasteiger partial charge on any atom is 0.193 e. The Balaban J connectivity index is 1.74.